The Bertz CT molecular complexity index is 942. The first kappa shape index (κ1) is 19.5. The van der Waals surface area contributed by atoms with Crippen molar-refractivity contribution in [2.24, 2.45) is 0 Å². The Balaban J connectivity index is 1.80. The maximum atomic E-state index is 13.3. The summed E-state index contributed by atoms with van der Waals surface area (Å²) in [6.07, 6.45) is 0.276. The molecule has 2 aromatic carbocycles. The van der Waals surface area contributed by atoms with Crippen molar-refractivity contribution in [3.05, 3.63) is 65.0 Å². The number of nitrogens with one attached hydrogen (secondary N) is 2. The Labute approximate surface area is 162 Å². The molecule has 0 aromatic heterocycles. The SMILES string of the molecule is CCC1(c2ccc(F)cc2)NC(=O)N(CC(=O)Nc2cccc(C)c2C)C1=O. The molecule has 1 atom stereocenters. The van der Waals surface area contributed by atoms with E-state index in [9.17, 15) is 18.8 Å². The van der Waals surface area contributed by atoms with E-state index in [-0.39, 0.29) is 6.42 Å². The van der Waals surface area contributed by atoms with E-state index in [0.29, 0.717) is 11.3 Å². The molecule has 0 saturated carbocycles. The van der Waals surface area contributed by atoms with E-state index in [1.165, 1.54) is 24.3 Å². The second kappa shape index (κ2) is 7.42. The monoisotopic (exact) mass is 383 g/mol. The fraction of sp³-hybridized carbons (Fsp3) is 0.286. The van der Waals surface area contributed by atoms with Gasteiger partial charge in [-0.1, -0.05) is 31.2 Å². The van der Waals surface area contributed by atoms with Crippen molar-refractivity contribution < 1.29 is 18.8 Å². The average molecular weight is 383 g/mol. The summed E-state index contributed by atoms with van der Waals surface area (Å²) in [7, 11) is 0. The van der Waals surface area contributed by atoms with E-state index in [4.69, 9.17) is 0 Å². The molecule has 6 nitrogen and oxygen atoms in total. The number of rotatable bonds is 5. The molecule has 2 N–H and O–H groups in total. The van der Waals surface area contributed by atoms with Gasteiger partial charge < -0.3 is 10.6 Å². The van der Waals surface area contributed by atoms with Crippen LogP contribution in [0.15, 0.2) is 42.5 Å². The maximum Gasteiger partial charge on any atom is 0.325 e. The van der Waals surface area contributed by atoms with E-state index in [1.807, 2.05) is 26.0 Å². The molecular formula is C21H22FN3O3. The lowest BCUT2D eigenvalue weighted by molar-refractivity contribution is -0.134. The van der Waals surface area contributed by atoms with Crippen molar-refractivity contribution in [3.63, 3.8) is 0 Å². The molecule has 2 aromatic rings. The number of hydrogen-bond acceptors (Lipinski definition) is 3. The molecule has 0 bridgehead atoms. The summed E-state index contributed by atoms with van der Waals surface area (Å²) >= 11 is 0. The molecule has 1 aliphatic heterocycles. The Morgan fingerprint density at radius 1 is 1.14 bits per heavy atom. The van der Waals surface area contributed by atoms with Gasteiger partial charge in [0.25, 0.3) is 5.91 Å². The highest BCUT2D eigenvalue weighted by molar-refractivity contribution is 6.10. The van der Waals surface area contributed by atoms with Crippen molar-refractivity contribution in [1.82, 2.24) is 10.2 Å². The van der Waals surface area contributed by atoms with Gasteiger partial charge in [-0.15, -0.1) is 0 Å². The van der Waals surface area contributed by atoms with Crippen LogP contribution < -0.4 is 10.6 Å². The Morgan fingerprint density at radius 2 is 1.82 bits per heavy atom. The van der Waals surface area contributed by atoms with Gasteiger partial charge in [0.15, 0.2) is 0 Å². The fourth-order valence-electron chi connectivity index (χ4n) is 3.36. The molecule has 1 heterocycles. The largest absolute Gasteiger partial charge is 0.325 e. The summed E-state index contributed by atoms with van der Waals surface area (Å²) in [5.74, 6) is -1.43. The van der Waals surface area contributed by atoms with Gasteiger partial charge in [-0.25, -0.2) is 9.18 Å². The molecule has 0 spiro atoms. The number of nitrogens with zero attached hydrogens (tertiary/aromatic N) is 1. The van der Waals surface area contributed by atoms with Gasteiger partial charge >= 0.3 is 6.03 Å². The van der Waals surface area contributed by atoms with Gasteiger partial charge in [0, 0.05) is 5.69 Å². The zero-order valence-electron chi connectivity index (χ0n) is 16.0. The van der Waals surface area contributed by atoms with Crippen LogP contribution in [0.2, 0.25) is 0 Å². The number of halogens is 1. The number of carbonyl (C=O) groups excluding carboxylic acids is 3. The molecule has 1 unspecified atom stereocenters. The molecule has 4 amide bonds. The van der Waals surface area contributed by atoms with Crippen LogP contribution in [0.4, 0.5) is 14.9 Å². The van der Waals surface area contributed by atoms with Crippen LogP contribution in [-0.4, -0.2) is 29.3 Å². The summed E-state index contributed by atoms with van der Waals surface area (Å²) in [6, 6.07) is 10.3. The molecule has 0 aliphatic carbocycles. The molecule has 3 rings (SSSR count). The first-order chi connectivity index (χ1) is 13.3. The molecule has 146 valence electrons. The van der Waals surface area contributed by atoms with Gasteiger partial charge in [-0.05, 0) is 55.2 Å². The number of aryl methyl sites for hydroxylation is 1. The van der Waals surface area contributed by atoms with Crippen molar-refractivity contribution in [2.45, 2.75) is 32.7 Å². The van der Waals surface area contributed by atoms with Crippen LogP contribution in [0.25, 0.3) is 0 Å². The highest BCUT2D eigenvalue weighted by Crippen LogP contribution is 2.32. The summed E-state index contributed by atoms with van der Waals surface area (Å²) in [4.78, 5) is 38.8. The number of imide groups is 1. The Hall–Kier alpha value is -3.22. The predicted octanol–water partition coefficient (Wildman–Crippen LogP) is 3.24. The Kier molecular flexibility index (Phi) is 5.18. The van der Waals surface area contributed by atoms with Crippen molar-refractivity contribution in [3.8, 4) is 0 Å². The highest BCUT2D eigenvalue weighted by Gasteiger charge is 2.51. The zero-order valence-corrected chi connectivity index (χ0v) is 16.0. The third kappa shape index (κ3) is 3.35. The van der Waals surface area contributed by atoms with E-state index in [1.54, 1.807) is 13.0 Å². The summed E-state index contributed by atoms with van der Waals surface area (Å²) in [5.41, 5.74) is 1.76. The standard InChI is InChI=1S/C21H22FN3O3/c1-4-21(15-8-10-16(22)11-9-15)19(27)25(20(28)24-21)12-18(26)23-17-7-5-6-13(2)14(17)3/h5-11H,4,12H2,1-3H3,(H,23,26)(H,24,28). The van der Waals surface area contributed by atoms with Gasteiger partial charge in [0.1, 0.15) is 17.9 Å². The molecular weight excluding hydrogens is 361 g/mol. The van der Waals surface area contributed by atoms with Gasteiger partial charge in [-0.3, -0.25) is 14.5 Å². The lowest BCUT2D eigenvalue weighted by atomic mass is 9.87. The first-order valence-corrected chi connectivity index (χ1v) is 9.04. The predicted molar refractivity (Wildman–Crippen MR) is 103 cm³/mol. The Morgan fingerprint density at radius 3 is 2.46 bits per heavy atom. The van der Waals surface area contributed by atoms with Crippen LogP contribution >= 0.6 is 0 Å². The first-order valence-electron chi connectivity index (χ1n) is 9.04. The third-order valence-corrected chi connectivity index (χ3v) is 5.22. The normalized spacial score (nSPS) is 18.9. The summed E-state index contributed by atoms with van der Waals surface area (Å²) in [6.45, 7) is 5.16. The van der Waals surface area contributed by atoms with Crippen LogP contribution in [0, 0.1) is 19.7 Å². The molecule has 1 saturated heterocycles. The minimum absolute atomic E-state index is 0.276. The van der Waals surface area contributed by atoms with Crippen molar-refractivity contribution in [2.75, 3.05) is 11.9 Å². The molecule has 28 heavy (non-hydrogen) atoms. The van der Waals surface area contributed by atoms with Gasteiger partial charge in [0.05, 0.1) is 0 Å². The number of anilines is 1. The topological polar surface area (TPSA) is 78.5 Å². The molecule has 1 aliphatic rings. The van der Waals surface area contributed by atoms with Gasteiger partial charge in [0.2, 0.25) is 5.91 Å². The van der Waals surface area contributed by atoms with Crippen LogP contribution in [0.3, 0.4) is 0 Å². The number of hydrogen-bond donors (Lipinski definition) is 2. The van der Waals surface area contributed by atoms with Crippen molar-refractivity contribution in [1.29, 1.82) is 0 Å². The second-order valence-electron chi connectivity index (χ2n) is 6.88. The van der Waals surface area contributed by atoms with Gasteiger partial charge in [-0.2, -0.15) is 0 Å². The fourth-order valence-corrected chi connectivity index (χ4v) is 3.36. The van der Waals surface area contributed by atoms with Crippen molar-refractivity contribution >= 4 is 23.5 Å². The maximum absolute atomic E-state index is 13.3. The average Bonchev–Trinajstić information content (AvgIpc) is 2.91. The highest BCUT2D eigenvalue weighted by atomic mass is 19.1. The molecule has 0 radical (unpaired) electrons. The van der Waals surface area contributed by atoms with Crippen LogP contribution in [-0.2, 0) is 15.1 Å². The van der Waals surface area contributed by atoms with E-state index in [0.717, 1.165) is 16.0 Å². The number of carbonyl (C=O) groups is 3. The molecule has 7 heteroatoms. The van der Waals surface area contributed by atoms with Crippen LogP contribution in [0.5, 0.6) is 0 Å². The second-order valence-corrected chi connectivity index (χ2v) is 6.88. The van der Waals surface area contributed by atoms with E-state index in [2.05, 4.69) is 10.6 Å². The number of benzene rings is 2. The third-order valence-electron chi connectivity index (χ3n) is 5.22. The zero-order chi connectivity index (χ0) is 20.5. The molecule has 1 fully saturated rings. The smallest absolute Gasteiger partial charge is 0.324 e. The van der Waals surface area contributed by atoms with E-state index < -0.39 is 35.7 Å². The minimum Gasteiger partial charge on any atom is -0.324 e. The van der Waals surface area contributed by atoms with Crippen LogP contribution in [0.1, 0.15) is 30.0 Å². The number of urea groups is 1. The van der Waals surface area contributed by atoms with E-state index >= 15 is 0 Å². The number of amides is 4. The quantitative estimate of drug-likeness (QED) is 0.778. The lowest BCUT2D eigenvalue weighted by Gasteiger charge is -2.25. The summed E-state index contributed by atoms with van der Waals surface area (Å²) < 4.78 is 13.3. The minimum atomic E-state index is -1.30. The summed E-state index contributed by atoms with van der Waals surface area (Å²) in [5, 5.41) is 5.43. The lowest BCUT2D eigenvalue weighted by Crippen LogP contribution is -2.44.